The first kappa shape index (κ1) is 35.6. The molecule has 6 fully saturated rings. The summed E-state index contributed by atoms with van der Waals surface area (Å²) in [7, 11) is 0. The first-order chi connectivity index (χ1) is 23.0. The number of hydrogen-bond acceptors (Lipinski definition) is 5. The lowest BCUT2D eigenvalue weighted by Crippen LogP contribution is -2.66. The fraction of sp³-hybridized carbons (Fsp3) is 0.881. The predicted molar refractivity (Wildman–Crippen MR) is 190 cm³/mol. The van der Waals surface area contributed by atoms with Crippen molar-refractivity contribution in [2.24, 2.45) is 50.7 Å². The van der Waals surface area contributed by atoms with E-state index in [0.29, 0.717) is 31.1 Å². The number of ketones is 1. The van der Waals surface area contributed by atoms with Crippen LogP contribution >= 0.6 is 0 Å². The minimum Gasteiger partial charge on any atom is -0.462 e. The molecular weight excluding hydrogens is 615 g/mol. The van der Waals surface area contributed by atoms with Crippen LogP contribution in [0.1, 0.15) is 139 Å². The van der Waals surface area contributed by atoms with Crippen molar-refractivity contribution in [3.63, 3.8) is 0 Å². The summed E-state index contributed by atoms with van der Waals surface area (Å²) >= 11 is 0. The molecule has 4 saturated carbocycles. The fourth-order valence-corrected chi connectivity index (χ4v) is 14.2. The van der Waals surface area contributed by atoms with Gasteiger partial charge in [0.15, 0.2) is 5.78 Å². The Morgan fingerprint density at radius 3 is 2.24 bits per heavy atom. The van der Waals surface area contributed by atoms with Gasteiger partial charge in [-0.1, -0.05) is 48.5 Å². The van der Waals surface area contributed by atoms with E-state index in [-0.39, 0.29) is 63.3 Å². The van der Waals surface area contributed by atoms with Crippen LogP contribution in [0.2, 0.25) is 0 Å². The monoisotopic (exact) mass is 680 g/mol. The van der Waals surface area contributed by atoms with Crippen molar-refractivity contribution in [2.45, 2.75) is 157 Å². The molecule has 0 aromatic rings. The maximum absolute atomic E-state index is 15.2. The normalized spacial score (nSPS) is 44.0. The van der Waals surface area contributed by atoms with Crippen LogP contribution < -0.4 is 0 Å². The van der Waals surface area contributed by atoms with Crippen LogP contribution in [0.25, 0.3) is 0 Å². The maximum atomic E-state index is 15.2. The van der Waals surface area contributed by atoms with Gasteiger partial charge in [-0.2, -0.15) is 0 Å². The number of piperidine rings is 1. The van der Waals surface area contributed by atoms with Crippen molar-refractivity contribution < 1.29 is 23.5 Å². The van der Waals surface area contributed by atoms with Crippen LogP contribution in [0.4, 0.5) is 4.39 Å². The smallest absolute Gasteiger partial charge is 0.302 e. The molecule has 0 aromatic carbocycles. The molecule has 0 radical (unpaired) electrons. The fourth-order valence-electron chi connectivity index (χ4n) is 14.2. The molecule has 7 rings (SSSR count). The zero-order chi connectivity index (χ0) is 35.3. The molecule has 1 amide bonds. The summed E-state index contributed by atoms with van der Waals surface area (Å²) in [5, 5.41) is 0. The lowest BCUT2D eigenvalue weighted by Gasteiger charge is -2.72. The van der Waals surface area contributed by atoms with Gasteiger partial charge in [-0.05, 0) is 128 Å². The molecule has 0 aromatic heterocycles. The zero-order valence-electron chi connectivity index (χ0n) is 32.0. The van der Waals surface area contributed by atoms with E-state index in [1.54, 1.807) is 6.92 Å². The van der Waals surface area contributed by atoms with Gasteiger partial charge in [0, 0.05) is 51.0 Å². The van der Waals surface area contributed by atoms with Crippen molar-refractivity contribution >= 4 is 17.7 Å². The summed E-state index contributed by atoms with van der Waals surface area (Å²) in [6.45, 7) is 21.4. The highest BCUT2D eigenvalue weighted by molar-refractivity contribution is 6.07. The molecule has 0 spiro atoms. The SMILES string of the molecule is CC(=O)OC1CCC2(C)C(CCC3(C)C2CCC2C4=C(C(C)C)C(=O)CC4(C(=O)N4CCCC4CN4CCC(F)CC4)CCC23C)C1(C)C. The Balaban J connectivity index is 1.21. The lowest BCUT2D eigenvalue weighted by atomic mass is 9.33. The Morgan fingerprint density at radius 1 is 0.857 bits per heavy atom. The van der Waals surface area contributed by atoms with Crippen LogP contribution in [-0.4, -0.2) is 72.0 Å². The third-order valence-electron chi connectivity index (χ3n) is 16.7. The van der Waals surface area contributed by atoms with Gasteiger partial charge >= 0.3 is 5.97 Å². The standard InChI is InChI=1S/C42H65FN2O4/c1-26(2)35-31(47)24-42(37(48)45-21-9-10-29(45)25-44-22-15-28(43)16-23-44)20-19-40(7)30(36(35)42)11-12-33-39(6)17-14-34(49-27(3)46)38(4,5)32(39)13-18-41(33,40)8/h26,28-30,32-34H,9-25H2,1-8H3. The number of hydrogen-bond donors (Lipinski definition) is 0. The Labute approximate surface area is 295 Å². The van der Waals surface area contributed by atoms with Crippen LogP contribution in [0.5, 0.6) is 0 Å². The number of Topliss-reactive ketones (excluding diaryl/α,β-unsaturated/α-hetero) is 1. The highest BCUT2D eigenvalue weighted by atomic mass is 19.1. The Morgan fingerprint density at radius 2 is 1.57 bits per heavy atom. The van der Waals surface area contributed by atoms with Gasteiger partial charge in [0.2, 0.25) is 5.91 Å². The first-order valence-electron chi connectivity index (χ1n) is 20.1. The van der Waals surface area contributed by atoms with Gasteiger partial charge in [0.05, 0.1) is 5.41 Å². The van der Waals surface area contributed by atoms with Gasteiger partial charge < -0.3 is 14.5 Å². The number of ether oxygens (including phenoxy) is 1. The molecule has 274 valence electrons. The van der Waals surface area contributed by atoms with Gasteiger partial charge in [-0.15, -0.1) is 0 Å². The number of carbonyl (C=O) groups is 3. The number of nitrogens with zero attached hydrogens (tertiary/aromatic N) is 2. The van der Waals surface area contributed by atoms with Gasteiger partial charge in [0.1, 0.15) is 12.3 Å². The second-order valence-electron chi connectivity index (χ2n) is 19.5. The quantitative estimate of drug-likeness (QED) is 0.273. The van der Waals surface area contributed by atoms with E-state index in [9.17, 15) is 14.0 Å². The van der Waals surface area contributed by atoms with Gasteiger partial charge in [-0.3, -0.25) is 14.4 Å². The summed E-state index contributed by atoms with van der Waals surface area (Å²) < 4.78 is 19.9. The van der Waals surface area contributed by atoms with E-state index >= 15 is 4.79 Å². The van der Waals surface area contributed by atoms with E-state index in [1.807, 2.05) is 0 Å². The van der Waals surface area contributed by atoms with Crippen molar-refractivity contribution in [2.75, 3.05) is 26.2 Å². The summed E-state index contributed by atoms with van der Waals surface area (Å²) in [5.41, 5.74) is 1.71. The molecule has 7 aliphatic rings. The molecule has 2 saturated heterocycles. The molecule has 2 aliphatic heterocycles. The number of allylic oxidation sites excluding steroid dienone is 1. The van der Waals surface area contributed by atoms with Gasteiger partial charge in [-0.25, -0.2) is 4.39 Å². The van der Waals surface area contributed by atoms with E-state index in [4.69, 9.17) is 4.74 Å². The van der Waals surface area contributed by atoms with Crippen molar-refractivity contribution in [1.29, 1.82) is 0 Å². The molecular formula is C42H65FN2O4. The number of carbonyl (C=O) groups excluding carboxylic acids is 3. The number of halogens is 1. The third-order valence-corrected chi connectivity index (χ3v) is 16.7. The molecule has 6 nitrogen and oxygen atoms in total. The minimum absolute atomic E-state index is 0.00572. The second-order valence-corrected chi connectivity index (χ2v) is 19.5. The summed E-state index contributed by atoms with van der Waals surface area (Å²) in [6, 6.07) is 0.153. The van der Waals surface area contributed by atoms with Crippen molar-refractivity contribution in [3.05, 3.63) is 11.1 Å². The van der Waals surface area contributed by atoms with Crippen LogP contribution in [0.15, 0.2) is 11.1 Å². The highest BCUT2D eigenvalue weighted by Crippen LogP contribution is 2.77. The van der Waals surface area contributed by atoms with Crippen LogP contribution in [-0.2, 0) is 19.1 Å². The molecule has 0 bridgehead atoms. The highest BCUT2D eigenvalue weighted by Gasteiger charge is 2.71. The number of amides is 1. The first-order valence-corrected chi connectivity index (χ1v) is 20.1. The van der Waals surface area contributed by atoms with E-state index in [2.05, 4.69) is 58.3 Å². The summed E-state index contributed by atoms with van der Waals surface area (Å²) in [6.07, 6.45) is 11.0. The summed E-state index contributed by atoms with van der Waals surface area (Å²) in [4.78, 5) is 46.0. The Hall–Kier alpha value is -1.76. The molecule has 5 aliphatic carbocycles. The predicted octanol–water partition coefficient (Wildman–Crippen LogP) is 8.32. The van der Waals surface area contributed by atoms with Crippen molar-refractivity contribution in [3.8, 4) is 0 Å². The average Bonchev–Trinajstić information content (AvgIpc) is 3.61. The minimum atomic E-state index is -0.705. The zero-order valence-corrected chi connectivity index (χ0v) is 32.0. The number of fused-ring (bicyclic) bond motifs is 7. The van der Waals surface area contributed by atoms with E-state index in [1.165, 1.54) is 5.57 Å². The van der Waals surface area contributed by atoms with Gasteiger partial charge in [0.25, 0.3) is 0 Å². The van der Waals surface area contributed by atoms with Crippen LogP contribution in [0, 0.1) is 50.7 Å². The third kappa shape index (κ3) is 5.18. The van der Waals surface area contributed by atoms with Crippen LogP contribution in [0.3, 0.4) is 0 Å². The second kappa shape index (κ2) is 12.2. The molecule has 0 N–H and O–H groups in total. The number of alkyl halides is 1. The molecule has 2 heterocycles. The molecule has 7 heteroatoms. The summed E-state index contributed by atoms with van der Waals surface area (Å²) in [5.74, 6) is 1.66. The van der Waals surface area contributed by atoms with E-state index < -0.39 is 11.6 Å². The largest absolute Gasteiger partial charge is 0.462 e. The number of likely N-dealkylation sites (tertiary alicyclic amines) is 2. The lowest BCUT2D eigenvalue weighted by molar-refractivity contribution is -0.232. The number of rotatable bonds is 5. The van der Waals surface area contributed by atoms with Crippen molar-refractivity contribution in [1.82, 2.24) is 9.80 Å². The Kier molecular flexibility index (Phi) is 8.84. The molecule has 9 unspecified atom stereocenters. The molecule has 49 heavy (non-hydrogen) atoms. The van der Waals surface area contributed by atoms with E-state index in [0.717, 1.165) is 96.0 Å². The average molecular weight is 681 g/mol. The maximum Gasteiger partial charge on any atom is 0.302 e. The Bertz CT molecular complexity index is 1400. The molecule has 9 atom stereocenters. The number of esters is 1. The topological polar surface area (TPSA) is 66.9 Å².